The fourth-order valence-corrected chi connectivity index (χ4v) is 2.87. The molecule has 0 saturated carbocycles. The Labute approximate surface area is 184 Å². The summed E-state index contributed by atoms with van der Waals surface area (Å²) in [5, 5.41) is 9.36. The van der Waals surface area contributed by atoms with Gasteiger partial charge in [-0.3, -0.25) is 9.78 Å². The SMILES string of the molecule is C[C@H](C(=O)OCc1cccc(CO[N+](=O)[O-])n1)c1ccc(-c2ccccc2)c(F)c1.Cl. The molecular weight excluding hydrogens is 427 g/mol. The Bertz CT molecular complexity index is 1050. The summed E-state index contributed by atoms with van der Waals surface area (Å²) in [4.78, 5) is 31.1. The quantitative estimate of drug-likeness (QED) is 0.278. The van der Waals surface area contributed by atoms with E-state index in [4.69, 9.17) is 4.74 Å². The number of rotatable bonds is 8. The summed E-state index contributed by atoms with van der Waals surface area (Å²) in [7, 11) is 0. The largest absolute Gasteiger partial charge is 0.459 e. The highest BCUT2D eigenvalue weighted by Gasteiger charge is 2.19. The van der Waals surface area contributed by atoms with Crippen LogP contribution >= 0.6 is 12.4 Å². The highest BCUT2D eigenvalue weighted by molar-refractivity contribution is 5.85. The summed E-state index contributed by atoms with van der Waals surface area (Å²) in [5.74, 6) is -1.63. The van der Waals surface area contributed by atoms with Crippen LogP contribution in [0.3, 0.4) is 0 Å². The number of esters is 1. The zero-order valence-corrected chi connectivity index (χ0v) is 17.4. The fraction of sp³-hybridized carbons (Fsp3) is 0.182. The number of carbonyl (C=O) groups excluding carboxylic acids is 1. The minimum absolute atomic E-state index is 0. The lowest BCUT2D eigenvalue weighted by Gasteiger charge is -2.13. The van der Waals surface area contributed by atoms with Crippen molar-refractivity contribution in [3.63, 3.8) is 0 Å². The van der Waals surface area contributed by atoms with Crippen molar-refractivity contribution >= 4 is 18.4 Å². The Kier molecular flexibility index (Phi) is 8.45. The van der Waals surface area contributed by atoms with Crippen molar-refractivity contribution in [1.82, 2.24) is 4.98 Å². The van der Waals surface area contributed by atoms with Crippen molar-refractivity contribution in [2.75, 3.05) is 0 Å². The van der Waals surface area contributed by atoms with Gasteiger partial charge in [-0.2, -0.15) is 0 Å². The van der Waals surface area contributed by atoms with Gasteiger partial charge >= 0.3 is 5.97 Å². The van der Waals surface area contributed by atoms with E-state index in [1.807, 2.05) is 30.3 Å². The maximum atomic E-state index is 14.6. The van der Waals surface area contributed by atoms with Gasteiger partial charge in [0, 0.05) is 5.56 Å². The van der Waals surface area contributed by atoms with Crippen molar-refractivity contribution in [2.24, 2.45) is 0 Å². The molecule has 0 amide bonds. The third-order valence-electron chi connectivity index (χ3n) is 4.48. The molecule has 0 saturated heterocycles. The molecule has 0 radical (unpaired) electrons. The van der Waals surface area contributed by atoms with Crippen LogP contribution in [0.25, 0.3) is 11.1 Å². The van der Waals surface area contributed by atoms with Crippen molar-refractivity contribution in [1.29, 1.82) is 0 Å². The van der Waals surface area contributed by atoms with Gasteiger partial charge in [-0.15, -0.1) is 22.5 Å². The minimum Gasteiger partial charge on any atom is -0.459 e. The van der Waals surface area contributed by atoms with Gasteiger partial charge in [-0.05, 0) is 36.2 Å². The first-order valence-electron chi connectivity index (χ1n) is 9.17. The number of aromatic nitrogens is 1. The smallest absolute Gasteiger partial charge is 0.313 e. The molecular formula is C22H20ClFN2O5. The van der Waals surface area contributed by atoms with E-state index in [1.54, 1.807) is 37.3 Å². The van der Waals surface area contributed by atoms with Crippen LogP contribution in [0.1, 0.15) is 29.8 Å². The van der Waals surface area contributed by atoms with Crippen LogP contribution in [0.2, 0.25) is 0 Å². The zero-order valence-electron chi connectivity index (χ0n) is 16.6. The van der Waals surface area contributed by atoms with Gasteiger partial charge in [0.25, 0.3) is 5.09 Å². The molecule has 0 N–H and O–H groups in total. The minimum atomic E-state index is -0.905. The second-order valence-corrected chi connectivity index (χ2v) is 6.55. The summed E-state index contributed by atoms with van der Waals surface area (Å²) in [6.07, 6.45) is 0. The Morgan fingerprint density at radius 1 is 1.06 bits per heavy atom. The van der Waals surface area contributed by atoms with Gasteiger partial charge < -0.3 is 9.57 Å². The topological polar surface area (TPSA) is 91.6 Å². The molecule has 0 aliphatic heterocycles. The number of pyridine rings is 1. The summed E-state index contributed by atoms with van der Waals surface area (Å²) in [6.45, 7) is 1.23. The lowest BCUT2D eigenvalue weighted by Crippen LogP contribution is -2.14. The molecule has 0 aliphatic carbocycles. The summed E-state index contributed by atoms with van der Waals surface area (Å²) in [6, 6.07) is 18.6. The summed E-state index contributed by atoms with van der Waals surface area (Å²) >= 11 is 0. The second-order valence-electron chi connectivity index (χ2n) is 6.55. The molecule has 0 aliphatic rings. The van der Waals surface area contributed by atoms with Crippen LogP contribution in [-0.4, -0.2) is 16.0 Å². The number of hydrogen-bond acceptors (Lipinski definition) is 6. The number of halogens is 2. The third-order valence-corrected chi connectivity index (χ3v) is 4.48. The van der Waals surface area contributed by atoms with E-state index in [0.717, 1.165) is 5.56 Å². The monoisotopic (exact) mass is 446 g/mol. The first kappa shape index (κ1) is 23.8. The molecule has 1 heterocycles. The maximum Gasteiger partial charge on any atom is 0.313 e. The lowest BCUT2D eigenvalue weighted by molar-refractivity contribution is -0.763. The van der Waals surface area contributed by atoms with Crippen LogP contribution < -0.4 is 0 Å². The molecule has 0 bridgehead atoms. The molecule has 7 nitrogen and oxygen atoms in total. The lowest BCUT2D eigenvalue weighted by atomic mass is 9.97. The first-order valence-corrected chi connectivity index (χ1v) is 9.17. The normalized spacial score (nSPS) is 11.2. The number of hydrogen-bond donors (Lipinski definition) is 0. The molecule has 0 fully saturated rings. The van der Waals surface area contributed by atoms with Crippen molar-refractivity contribution < 1.29 is 23.8 Å². The predicted octanol–water partition coefficient (Wildman–Crippen LogP) is 4.86. The molecule has 1 atom stereocenters. The molecule has 3 rings (SSSR count). The number of carbonyl (C=O) groups is 1. The van der Waals surface area contributed by atoms with Crippen molar-refractivity contribution in [3.8, 4) is 11.1 Å². The molecule has 31 heavy (non-hydrogen) atoms. The highest BCUT2D eigenvalue weighted by Crippen LogP contribution is 2.26. The van der Waals surface area contributed by atoms with Crippen LogP contribution in [0.15, 0.2) is 66.7 Å². The van der Waals surface area contributed by atoms with E-state index < -0.39 is 22.8 Å². The van der Waals surface area contributed by atoms with E-state index in [0.29, 0.717) is 22.5 Å². The van der Waals surface area contributed by atoms with E-state index >= 15 is 0 Å². The average molecular weight is 447 g/mol. The molecule has 2 aromatic carbocycles. The Balaban J connectivity index is 0.00000341. The van der Waals surface area contributed by atoms with Gasteiger partial charge in [0.05, 0.1) is 17.3 Å². The zero-order chi connectivity index (χ0) is 21.5. The van der Waals surface area contributed by atoms with Crippen LogP contribution in [-0.2, 0) is 27.6 Å². The van der Waals surface area contributed by atoms with Crippen LogP contribution in [0.4, 0.5) is 4.39 Å². The molecule has 3 aromatic rings. The molecule has 1 aromatic heterocycles. The van der Waals surface area contributed by atoms with Crippen LogP contribution in [0.5, 0.6) is 0 Å². The average Bonchev–Trinajstić information content (AvgIpc) is 2.76. The molecule has 162 valence electrons. The van der Waals surface area contributed by atoms with E-state index in [-0.39, 0.29) is 25.6 Å². The number of benzene rings is 2. The standard InChI is InChI=1S/C22H19FN2O5.ClH/c1-15(17-10-11-20(21(23)12-17)16-6-3-2-4-7-16)22(26)29-13-18-8-5-9-19(24-18)14-30-25(27)28;/h2-12,15H,13-14H2,1H3;1H/t15-;/m0./s1. The Morgan fingerprint density at radius 2 is 1.74 bits per heavy atom. The van der Waals surface area contributed by atoms with Crippen LogP contribution in [0, 0.1) is 15.9 Å². The second kappa shape index (κ2) is 11.0. The molecule has 0 unspecified atom stereocenters. The summed E-state index contributed by atoms with van der Waals surface area (Å²) in [5.41, 5.74) is 2.47. The predicted molar refractivity (Wildman–Crippen MR) is 113 cm³/mol. The molecule has 0 spiro atoms. The fourth-order valence-electron chi connectivity index (χ4n) is 2.87. The Hall–Kier alpha value is -3.52. The van der Waals surface area contributed by atoms with E-state index in [2.05, 4.69) is 9.82 Å². The summed E-state index contributed by atoms with van der Waals surface area (Å²) < 4.78 is 19.8. The number of nitrogens with zero attached hydrogens (tertiary/aromatic N) is 2. The van der Waals surface area contributed by atoms with Gasteiger partial charge in [-0.25, -0.2) is 4.39 Å². The van der Waals surface area contributed by atoms with Crippen molar-refractivity contribution in [3.05, 3.63) is 99.6 Å². The molecule has 9 heteroatoms. The number of ether oxygens (including phenoxy) is 1. The first-order chi connectivity index (χ1) is 14.4. The third kappa shape index (κ3) is 6.48. The van der Waals surface area contributed by atoms with E-state index in [9.17, 15) is 19.3 Å². The van der Waals surface area contributed by atoms with Crippen molar-refractivity contribution in [2.45, 2.75) is 26.1 Å². The van der Waals surface area contributed by atoms with Gasteiger partial charge in [0.15, 0.2) is 0 Å². The van der Waals surface area contributed by atoms with Gasteiger partial charge in [0.1, 0.15) is 19.0 Å². The maximum absolute atomic E-state index is 14.6. The highest BCUT2D eigenvalue weighted by atomic mass is 35.5. The van der Waals surface area contributed by atoms with E-state index in [1.165, 1.54) is 6.07 Å². The van der Waals surface area contributed by atoms with Gasteiger partial charge in [-0.1, -0.05) is 48.5 Å². The Morgan fingerprint density at radius 3 is 2.39 bits per heavy atom. The van der Waals surface area contributed by atoms with Gasteiger partial charge in [0.2, 0.25) is 0 Å².